The number of ether oxygens (including phenoxy) is 1. The molecular weight excluding hydrogens is 412 g/mol. The quantitative estimate of drug-likeness (QED) is 0.781. The topological polar surface area (TPSA) is 90.5 Å². The fourth-order valence-electron chi connectivity index (χ4n) is 2.94. The molecule has 0 saturated carbocycles. The molecule has 1 aromatic carbocycles. The lowest BCUT2D eigenvalue weighted by atomic mass is 10.1. The molecule has 0 unspecified atom stereocenters. The van der Waals surface area contributed by atoms with Crippen LogP contribution in [0.5, 0.6) is 0 Å². The van der Waals surface area contributed by atoms with Crippen LogP contribution in [-0.2, 0) is 24.1 Å². The molecule has 1 aliphatic heterocycles. The van der Waals surface area contributed by atoms with E-state index >= 15 is 0 Å². The van der Waals surface area contributed by atoms with Gasteiger partial charge in [-0.3, -0.25) is 4.79 Å². The van der Waals surface area contributed by atoms with Crippen LogP contribution in [0.3, 0.4) is 0 Å². The Labute approximate surface area is 166 Å². The van der Waals surface area contributed by atoms with Crippen LogP contribution in [0.15, 0.2) is 28.7 Å². The molecule has 0 bridgehead atoms. The number of anilines is 1. The molecule has 144 valence electrons. The summed E-state index contributed by atoms with van der Waals surface area (Å²) in [5, 5.41) is 4.38. The molecule has 2 N–H and O–H groups in total. The van der Waals surface area contributed by atoms with Crippen molar-refractivity contribution in [3.63, 3.8) is 0 Å². The zero-order valence-corrected chi connectivity index (χ0v) is 17.2. The largest absolute Gasteiger partial charge is 0.444 e. The van der Waals surface area contributed by atoms with Gasteiger partial charge in [0.25, 0.3) is 5.91 Å². The fourth-order valence-corrected chi connectivity index (χ4v) is 3.21. The Bertz CT molecular complexity index is 868. The van der Waals surface area contributed by atoms with Gasteiger partial charge in [-0.2, -0.15) is 9.78 Å². The maximum Gasteiger partial charge on any atom is 0.410 e. The monoisotopic (exact) mass is 434 g/mol. The first-order chi connectivity index (χ1) is 12.6. The summed E-state index contributed by atoms with van der Waals surface area (Å²) < 4.78 is 7.62. The van der Waals surface area contributed by atoms with Crippen LogP contribution in [0, 0.1) is 0 Å². The Morgan fingerprint density at radius 3 is 2.56 bits per heavy atom. The molecular formula is C19H23BrN4O3. The van der Waals surface area contributed by atoms with Gasteiger partial charge in [-0.15, -0.1) is 0 Å². The van der Waals surface area contributed by atoms with Crippen molar-refractivity contribution in [3.8, 4) is 0 Å². The molecule has 0 atom stereocenters. The first kappa shape index (κ1) is 19.4. The number of nitrogens with zero attached hydrogens (tertiary/aromatic N) is 3. The van der Waals surface area contributed by atoms with Crippen LogP contribution in [0.2, 0.25) is 0 Å². The summed E-state index contributed by atoms with van der Waals surface area (Å²) in [6, 6.07) is 7.54. The summed E-state index contributed by atoms with van der Waals surface area (Å²) in [5.41, 5.74) is 7.96. The Morgan fingerprint density at radius 1 is 1.26 bits per heavy atom. The second-order valence-electron chi connectivity index (χ2n) is 7.57. The summed E-state index contributed by atoms with van der Waals surface area (Å²) >= 11 is 3.38. The van der Waals surface area contributed by atoms with Gasteiger partial charge in [0, 0.05) is 16.6 Å². The second kappa shape index (κ2) is 7.34. The number of hydrogen-bond donors (Lipinski definition) is 1. The van der Waals surface area contributed by atoms with E-state index in [1.54, 1.807) is 4.90 Å². The predicted octanol–water partition coefficient (Wildman–Crippen LogP) is 3.40. The zero-order valence-electron chi connectivity index (χ0n) is 15.7. The summed E-state index contributed by atoms with van der Waals surface area (Å²) in [5.74, 6) is 0.156. The minimum absolute atomic E-state index is 0.201. The molecule has 2 aromatic rings. The average molecular weight is 435 g/mol. The van der Waals surface area contributed by atoms with Crippen LogP contribution in [0.1, 0.15) is 42.4 Å². The van der Waals surface area contributed by atoms with Gasteiger partial charge in [0.1, 0.15) is 11.4 Å². The lowest BCUT2D eigenvalue weighted by Crippen LogP contribution is -2.39. The standard InChI is InChI=1S/C19H23BrN4O3/c1-19(2,3)27-18(26)23-9-8-14-15(11-23)22-24(17(14)21)16(25)10-12-4-6-13(20)7-5-12/h4-7H,8-11,21H2,1-3H3. The van der Waals surface area contributed by atoms with Crippen LogP contribution < -0.4 is 5.73 Å². The minimum Gasteiger partial charge on any atom is -0.444 e. The first-order valence-electron chi connectivity index (χ1n) is 8.76. The van der Waals surface area contributed by atoms with Crippen molar-refractivity contribution in [2.24, 2.45) is 0 Å². The van der Waals surface area contributed by atoms with Crippen molar-refractivity contribution in [1.29, 1.82) is 0 Å². The highest BCUT2D eigenvalue weighted by molar-refractivity contribution is 9.10. The number of rotatable bonds is 2. The van der Waals surface area contributed by atoms with E-state index < -0.39 is 5.60 Å². The molecule has 0 saturated heterocycles. The predicted molar refractivity (Wildman–Crippen MR) is 105 cm³/mol. The van der Waals surface area contributed by atoms with E-state index in [1.165, 1.54) is 4.68 Å². The number of amides is 1. The van der Waals surface area contributed by atoms with Crippen molar-refractivity contribution in [2.75, 3.05) is 12.3 Å². The van der Waals surface area contributed by atoms with Crippen LogP contribution in [-0.4, -0.2) is 38.8 Å². The van der Waals surface area contributed by atoms with E-state index in [-0.39, 0.29) is 25.0 Å². The van der Waals surface area contributed by atoms with Gasteiger partial charge in [0.2, 0.25) is 0 Å². The first-order valence-corrected chi connectivity index (χ1v) is 9.55. The Morgan fingerprint density at radius 2 is 1.93 bits per heavy atom. The smallest absolute Gasteiger partial charge is 0.410 e. The Hall–Kier alpha value is -2.35. The molecule has 0 spiro atoms. The number of carbonyl (C=O) groups excluding carboxylic acids is 2. The molecule has 0 radical (unpaired) electrons. The van der Waals surface area contributed by atoms with E-state index in [4.69, 9.17) is 10.5 Å². The maximum absolute atomic E-state index is 12.6. The normalized spacial score (nSPS) is 14.0. The van der Waals surface area contributed by atoms with Crippen molar-refractivity contribution >= 4 is 33.7 Å². The molecule has 8 heteroatoms. The Balaban J connectivity index is 1.75. The summed E-state index contributed by atoms with van der Waals surface area (Å²) in [7, 11) is 0. The summed E-state index contributed by atoms with van der Waals surface area (Å²) in [4.78, 5) is 26.5. The number of nitrogen functional groups attached to an aromatic ring is 1. The van der Waals surface area contributed by atoms with Gasteiger partial charge >= 0.3 is 6.09 Å². The molecule has 3 rings (SSSR count). The summed E-state index contributed by atoms with van der Waals surface area (Å²) in [6.45, 7) is 6.25. The van der Waals surface area contributed by atoms with Crippen LogP contribution in [0.4, 0.5) is 10.6 Å². The highest BCUT2D eigenvalue weighted by Gasteiger charge is 2.30. The highest BCUT2D eigenvalue weighted by Crippen LogP contribution is 2.25. The van der Waals surface area contributed by atoms with Crippen molar-refractivity contribution in [2.45, 2.75) is 45.8 Å². The molecule has 7 nitrogen and oxygen atoms in total. The molecule has 2 heterocycles. The molecule has 1 amide bonds. The van der Waals surface area contributed by atoms with E-state index in [0.29, 0.717) is 24.5 Å². The number of hydrogen-bond acceptors (Lipinski definition) is 5. The lowest BCUT2D eigenvalue weighted by molar-refractivity contribution is 0.0221. The second-order valence-corrected chi connectivity index (χ2v) is 8.49. The maximum atomic E-state index is 12.6. The number of carbonyl (C=O) groups is 2. The zero-order chi connectivity index (χ0) is 19.8. The van der Waals surface area contributed by atoms with Gasteiger partial charge in [0.15, 0.2) is 0 Å². The van der Waals surface area contributed by atoms with Crippen molar-refractivity contribution in [1.82, 2.24) is 14.7 Å². The van der Waals surface area contributed by atoms with Gasteiger partial charge in [-0.25, -0.2) is 4.79 Å². The SMILES string of the molecule is CC(C)(C)OC(=O)N1CCc2c(nn(C(=O)Cc3ccc(Br)cc3)c2N)C1. The third-order valence-corrected chi connectivity index (χ3v) is 4.76. The lowest BCUT2D eigenvalue weighted by Gasteiger charge is -2.29. The number of fused-ring (bicyclic) bond motifs is 1. The van der Waals surface area contributed by atoms with Gasteiger partial charge < -0.3 is 15.4 Å². The molecule has 1 aliphatic rings. The van der Waals surface area contributed by atoms with Crippen molar-refractivity contribution < 1.29 is 14.3 Å². The van der Waals surface area contributed by atoms with Gasteiger partial charge in [0.05, 0.1) is 18.7 Å². The van der Waals surface area contributed by atoms with Gasteiger partial charge in [-0.1, -0.05) is 28.1 Å². The highest BCUT2D eigenvalue weighted by atomic mass is 79.9. The number of benzene rings is 1. The number of aromatic nitrogens is 2. The minimum atomic E-state index is -0.559. The van der Waals surface area contributed by atoms with E-state index in [2.05, 4.69) is 21.0 Å². The molecule has 0 aliphatic carbocycles. The van der Waals surface area contributed by atoms with E-state index in [0.717, 1.165) is 15.6 Å². The third kappa shape index (κ3) is 4.50. The molecule has 1 aromatic heterocycles. The number of halogens is 1. The summed E-state index contributed by atoms with van der Waals surface area (Å²) in [6.07, 6.45) is 0.363. The third-order valence-electron chi connectivity index (χ3n) is 4.24. The van der Waals surface area contributed by atoms with Crippen LogP contribution in [0.25, 0.3) is 0 Å². The van der Waals surface area contributed by atoms with Crippen LogP contribution >= 0.6 is 15.9 Å². The van der Waals surface area contributed by atoms with E-state index in [1.807, 2.05) is 45.0 Å². The van der Waals surface area contributed by atoms with E-state index in [9.17, 15) is 9.59 Å². The van der Waals surface area contributed by atoms with Gasteiger partial charge in [-0.05, 0) is 44.9 Å². The molecule has 0 fully saturated rings. The Kier molecular flexibility index (Phi) is 5.28. The average Bonchev–Trinajstić information content (AvgIpc) is 2.92. The van der Waals surface area contributed by atoms with Crippen molar-refractivity contribution in [3.05, 3.63) is 45.6 Å². The number of nitrogens with two attached hydrogens (primary N) is 1. The molecule has 27 heavy (non-hydrogen) atoms. The fraction of sp³-hybridized carbons (Fsp3) is 0.421.